The number of pyridine rings is 1. The van der Waals surface area contributed by atoms with Crippen molar-refractivity contribution in [1.29, 1.82) is 0 Å². The maximum absolute atomic E-state index is 13.6. The first-order valence-corrected chi connectivity index (χ1v) is 12.6. The van der Waals surface area contributed by atoms with Gasteiger partial charge in [0.05, 0.1) is 12.3 Å². The average molecular weight is 478 g/mol. The minimum atomic E-state index is -0.344. The lowest BCUT2D eigenvalue weighted by atomic mass is 9.59. The molecular weight excluding hydrogens is 445 g/mol. The summed E-state index contributed by atoms with van der Waals surface area (Å²) in [5.41, 5.74) is 2.52. The summed E-state index contributed by atoms with van der Waals surface area (Å²) in [6.45, 7) is 2.17. The third kappa shape index (κ3) is 5.24. The first-order chi connectivity index (χ1) is 17.0. The fraction of sp³-hybridized carbons (Fsp3) is 0.464. The number of amides is 2. The molecule has 184 valence electrons. The Bertz CT molecular complexity index is 1100. The molecular formula is C28H32FN3O3. The van der Waals surface area contributed by atoms with Gasteiger partial charge in [0, 0.05) is 30.3 Å². The predicted octanol–water partition coefficient (Wildman–Crippen LogP) is 4.96. The van der Waals surface area contributed by atoms with Crippen LogP contribution in [0, 0.1) is 29.5 Å². The molecule has 1 aliphatic heterocycles. The van der Waals surface area contributed by atoms with E-state index in [9.17, 15) is 14.0 Å². The van der Waals surface area contributed by atoms with E-state index in [1.807, 2.05) is 18.2 Å². The number of alkyl carbamates (subject to hydrolysis) is 1. The first kappa shape index (κ1) is 23.5. The van der Waals surface area contributed by atoms with Crippen molar-refractivity contribution in [1.82, 2.24) is 15.6 Å². The van der Waals surface area contributed by atoms with Crippen LogP contribution in [-0.2, 0) is 9.53 Å². The molecule has 1 saturated heterocycles. The van der Waals surface area contributed by atoms with Crippen molar-refractivity contribution in [3.63, 3.8) is 0 Å². The van der Waals surface area contributed by atoms with Crippen LogP contribution in [0.5, 0.6) is 0 Å². The standard InChI is InChI=1S/C28H32FN3O3/c1-2-35-28(34)31-22-9-10-23-19(13-22)14-26-25(15-27(33)32-26)24(23)11-8-21-7-6-18(16-30-21)17-4-3-5-20(29)12-17/h3-8,11-12,16,19,22-26H,2,9-10,13-15H2,1H3,(H,31,34)(H,32,33)/b11-8+/t19-,22+,23+,24-,25+,26-/m0/s1. The number of hydrogen-bond acceptors (Lipinski definition) is 4. The Labute approximate surface area is 205 Å². The second-order valence-corrected chi connectivity index (χ2v) is 9.99. The van der Waals surface area contributed by atoms with Gasteiger partial charge in [-0.2, -0.15) is 0 Å². The van der Waals surface area contributed by atoms with Crippen molar-refractivity contribution in [2.75, 3.05) is 6.61 Å². The molecule has 2 aromatic rings. The van der Waals surface area contributed by atoms with Crippen LogP contribution >= 0.6 is 0 Å². The number of carbonyl (C=O) groups is 2. The monoisotopic (exact) mass is 477 g/mol. The van der Waals surface area contributed by atoms with Gasteiger partial charge in [-0.1, -0.05) is 24.3 Å². The third-order valence-corrected chi connectivity index (χ3v) is 7.90. The molecule has 5 rings (SSSR count). The van der Waals surface area contributed by atoms with Crippen LogP contribution in [-0.4, -0.2) is 35.7 Å². The fourth-order valence-corrected chi connectivity index (χ4v) is 6.38. The van der Waals surface area contributed by atoms with E-state index in [0.29, 0.717) is 30.8 Å². The Balaban J connectivity index is 1.31. The normalized spacial score (nSPS) is 29.8. The van der Waals surface area contributed by atoms with Crippen LogP contribution in [0.1, 0.15) is 44.7 Å². The van der Waals surface area contributed by atoms with Crippen molar-refractivity contribution < 1.29 is 18.7 Å². The van der Waals surface area contributed by atoms with Gasteiger partial charge >= 0.3 is 6.09 Å². The molecule has 2 saturated carbocycles. The summed E-state index contributed by atoms with van der Waals surface area (Å²) >= 11 is 0. The Hall–Kier alpha value is -3.22. The highest BCUT2D eigenvalue weighted by atomic mass is 19.1. The van der Waals surface area contributed by atoms with Gasteiger partial charge in [-0.05, 0) is 86.1 Å². The number of aromatic nitrogens is 1. The van der Waals surface area contributed by atoms with E-state index in [2.05, 4.69) is 27.8 Å². The van der Waals surface area contributed by atoms with Gasteiger partial charge in [-0.3, -0.25) is 9.78 Å². The molecule has 1 aromatic heterocycles. The highest BCUT2D eigenvalue weighted by molar-refractivity contribution is 5.79. The van der Waals surface area contributed by atoms with Crippen LogP contribution in [0.2, 0.25) is 0 Å². The average Bonchev–Trinajstić information content (AvgIpc) is 3.22. The van der Waals surface area contributed by atoms with Gasteiger partial charge in [-0.15, -0.1) is 0 Å². The van der Waals surface area contributed by atoms with Crippen molar-refractivity contribution in [2.45, 2.75) is 51.1 Å². The van der Waals surface area contributed by atoms with E-state index < -0.39 is 0 Å². The topological polar surface area (TPSA) is 80.3 Å². The summed E-state index contributed by atoms with van der Waals surface area (Å²) in [7, 11) is 0. The van der Waals surface area contributed by atoms with E-state index in [0.717, 1.165) is 42.5 Å². The largest absolute Gasteiger partial charge is 0.450 e. The van der Waals surface area contributed by atoms with E-state index in [4.69, 9.17) is 4.74 Å². The minimum absolute atomic E-state index is 0.116. The Kier molecular flexibility index (Phi) is 6.84. The second-order valence-electron chi connectivity index (χ2n) is 9.99. The molecule has 2 N–H and O–H groups in total. The van der Waals surface area contributed by atoms with Gasteiger partial charge in [0.1, 0.15) is 5.82 Å². The number of allylic oxidation sites excluding steroid dienone is 1. The number of halogens is 1. The van der Waals surface area contributed by atoms with Crippen molar-refractivity contribution in [3.05, 3.63) is 60.2 Å². The first-order valence-electron chi connectivity index (χ1n) is 12.6. The predicted molar refractivity (Wildman–Crippen MR) is 132 cm³/mol. The lowest BCUT2D eigenvalue weighted by Gasteiger charge is -2.47. The molecule has 3 aliphatic rings. The lowest BCUT2D eigenvalue weighted by molar-refractivity contribution is -0.119. The van der Waals surface area contributed by atoms with Crippen LogP contribution in [0.3, 0.4) is 0 Å². The molecule has 0 spiro atoms. The Morgan fingerprint density at radius 2 is 2.09 bits per heavy atom. The minimum Gasteiger partial charge on any atom is -0.450 e. The Morgan fingerprint density at radius 3 is 2.86 bits per heavy atom. The van der Waals surface area contributed by atoms with Gasteiger partial charge < -0.3 is 15.4 Å². The van der Waals surface area contributed by atoms with E-state index in [1.165, 1.54) is 12.1 Å². The summed E-state index contributed by atoms with van der Waals surface area (Å²) in [6.07, 6.45) is 10.1. The van der Waals surface area contributed by atoms with Crippen molar-refractivity contribution in [2.24, 2.45) is 23.7 Å². The smallest absolute Gasteiger partial charge is 0.407 e. The van der Waals surface area contributed by atoms with Crippen LogP contribution in [0.4, 0.5) is 9.18 Å². The summed E-state index contributed by atoms with van der Waals surface area (Å²) in [5, 5.41) is 6.21. The number of nitrogens with zero attached hydrogens (tertiary/aromatic N) is 1. The zero-order valence-electron chi connectivity index (χ0n) is 20.0. The molecule has 3 fully saturated rings. The van der Waals surface area contributed by atoms with Crippen LogP contribution < -0.4 is 10.6 Å². The number of ether oxygens (including phenoxy) is 1. The van der Waals surface area contributed by atoms with E-state index >= 15 is 0 Å². The number of hydrogen-bond donors (Lipinski definition) is 2. The second kappa shape index (κ2) is 10.2. The SMILES string of the molecule is CCOC(=O)N[C@@H]1CC[C@@H]2[C@@H](C1)C[C@@H]1NC(=O)C[C@@H]1[C@H]2/C=C/c1ccc(-c2cccc(F)c2)cn1. The zero-order valence-corrected chi connectivity index (χ0v) is 20.0. The number of nitrogens with one attached hydrogen (secondary N) is 2. The molecule has 0 bridgehead atoms. The zero-order chi connectivity index (χ0) is 24.4. The number of benzene rings is 1. The lowest BCUT2D eigenvalue weighted by Crippen LogP contribution is -2.49. The van der Waals surface area contributed by atoms with Gasteiger partial charge in [0.25, 0.3) is 0 Å². The third-order valence-electron chi connectivity index (χ3n) is 7.90. The summed E-state index contributed by atoms with van der Waals surface area (Å²) in [4.78, 5) is 28.8. The summed E-state index contributed by atoms with van der Waals surface area (Å²) in [6, 6.07) is 10.7. The van der Waals surface area contributed by atoms with Crippen LogP contribution in [0.15, 0.2) is 48.7 Å². The molecule has 2 amide bonds. The number of rotatable bonds is 5. The van der Waals surface area contributed by atoms with Gasteiger partial charge in [0.2, 0.25) is 5.91 Å². The molecule has 2 aliphatic carbocycles. The number of carbonyl (C=O) groups excluding carboxylic acids is 2. The fourth-order valence-electron chi connectivity index (χ4n) is 6.38. The molecule has 6 atom stereocenters. The molecule has 1 aromatic carbocycles. The van der Waals surface area contributed by atoms with Crippen molar-refractivity contribution >= 4 is 18.1 Å². The maximum atomic E-state index is 13.6. The molecule has 6 nitrogen and oxygen atoms in total. The quantitative estimate of drug-likeness (QED) is 0.638. The number of fused-ring (bicyclic) bond motifs is 2. The molecule has 2 heterocycles. The van der Waals surface area contributed by atoms with Gasteiger partial charge in [-0.25, -0.2) is 9.18 Å². The highest BCUT2D eigenvalue weighted by Gasteiger charge is 2.49. The molecule has 35 heavy (non-hydrogen) atoms. The van der Waals surface area contributed by atoms with E-state index in [1.54, 1.807) is 19.2 Å². The molecule has 7 heteroatoms. The molecule has 0 unspecified atom stereocenters. The summed E-state index contributed by atoms with van der Waals surface area (Å²) < 4.78 is 18.6. The van der Waals surface area contributed by atoms with Crippen LogP contribution in [0.25, 0.3) is 17.2 Å². The van der Waals surface area contributed by atoms with Gasteiger partial charge in [0.15, 0.2) is 0 Å². The van der Waals surface area contributed by atoms with Crippen molar-refractivity contribution in [3.8, 4) is 11.1 Å². The summed E-state index contributed by atoms with van der Waals surface area (Å²) in [5.74, 6) is 1.36. The maximum Gasteiger partial charge on any atom is 0.407 e. The molecule has 0 radical (unpaired) electrons. The van der Waals surface area contributed by atoms with E-state index in [-0.39, 0.29) is 35.8 Å². The Morgan fingerprint density at radius 1 is 1.20 bits per heavy atom. The highest BCUT2D eigenvalue weighted by Crippen LogP contribution is 2.49.